The van der Waals surface area contributed by atoms with Crippen molar-refractivity contribution in [2.45, 2.75) is 0 Å². The molecule has 1 aromatic heterocycles. The lowest BCUT2D eigenvalue weighted by Crippen LogP contribution is -2.26. The molecule has 2 aromatic rings. The van der Waals surface area contributed by atoms with E-state index >= 15 is 0 Å². The number of fused-ring (bicyclic) bond motifs is 1. The number of benzene rings is 1. The number of rotatable bonds is 3. The first-order valence-electron chi connectivity index (χ1n) is 5.33. The van der Waals surface area contributed by atoms with Crippen LogP contribution in [0.25, 0.3) is 10.8 Å². The Morgan fingerprint density at radius 1 is 1.44 bits per heavy atom. The van der Waals surface area contributed by atoms with Crippen LogP contribution in [-0.4, -0.2) is 17.4 Å². The van der Waals surface area contributed by atoms with Gasteiger partial charge in [-0.05, 0) is 29.7 Å². The molecule has 5 heteroatoms. The van der Waals surface area contributed by atoms with Gasteiger partial charge in [0, 0.05) is 11.9 Å². The third-order valence-electron chi connectivity index (χ3n) is 2.46. The first-order valence-corrected chi connectivity index (χ1v) is 5.33. The molecule has 0 aliphatic heterocycles. The van der Waals surface area contributed by atoms with Crippen molar-refractivity contribution in [3.8, 4) is 0 Å². The Morgan fingerprint density at radius 2 is 2.22 bits per heavy atom. The van der Waals surface area contributed by atoms with E-state index in [2.05, 4.69) is 16.9 Å². The van der Waals surface area contributed by atoms with Gasteiger partial charge in [-0.15, -0.1) is 6.58 Å². The summed E-state index contributed by atoms with van der Waals surface area (Å²) in [4.78, 5) is 25.8. The van der Waals surface area contributed by atoms with Crippen LogP contribution in [0.4, 0.5) is 4.39 Å². The number of carbonyl (C=O) groups is 1. The number of nitrogens with one attached hydrogen (secondary N) is 2. The van der Waals surface area contributed by atoms with E-state index < -0.39 is 17.3 Å². The average molecular weight is 246 g/mol. The van der Waals surface area contributed by atoms with Gasteiger partial charge in [-0.3, -0.25) is 9.59 Å². The molecular formula is C13H11FN2O2. The summed E-state index contributed by atoms with van der Waals surface area (Å²) in [7, 11) is 0. The van der Waals surface area contributed by atoms with Crippen molar-refractivity contribution in [1.29, 1.82) is 0 Å². The summed E-state index contributed by atoms with van der Waals surface area (Å²) in [6.07, 6.45) is 1.52. The highest BCUT2D eigenvalue weighted by Gasteiger charge is 2.09. The molecule has 1 heterocycles. The first kappa shape index (κ1) is 12.0. The third kappa shape index (κ3) is 2.29. The van der Waals surface area contributed by atoms with Gasteiger partial charge in [0.15, 0.2) is 0 Å². The fraction of sp³-hybridized carbons (Fsp3) is 0.0769. The highest BCUT2D eigenvalue weighted by molar-refractivity contribution is 5.96. The molecule has 0 spiro atoms. The number of hydrogen-bond donors (Lipinski definition) is 2. The molecule has 92 valence electrons. The maximum atomic E-state index is 13.1. The minimum Gasteiger partial charge on any atom is -0.347 e. The van der Waals surface area contributed by atoms with E-state index in [1.807, 2.05) is 0 Å². The van der Waals surface area contributed by atoms with Crippen LogP contribution < -0.4 is 10.9 Å². The number of halogens is 1. The normalized spacial score (nSPS) is 10.3. The van der Waals surface area contributed by atoms with Crippen molar-refractivity contribution in [3.63, 3.8) is 0 Å². The molecule has 1 amide bonds. The highest BCUT2D eigenvalue weighted by atomic mass is 19.1. The summed E-state index contributed by atoms with van der Waals surface area (Å²) < 4.78 is 13.1. The molecule has 18 heavy (non-hydrogen) atoms. The minimum absolute atomic E-state index is 0.0972. The van der Waals surface area contributed by atoms with Gasteiger partial charge in [-0.1, -0.05) is 6.08 Å². The summed E-state index contributed by atoms with van der Waals surface area (Å²) in [6, 6.07) is 5.25. The Labute approximate surface area is 102 Å². The number of amides is 1. The van der Waals surface area contributed by atoms with E-state index in [-0.39, 0.29) is 5.69 Å². The standard InChI is InChI=1S/C13H11FN2O2/c1-2-5-15-13(18)11-7-8-6-9(14)3-4-10(8)12(17)16-11/h2-4,6-7H,1,5H2,(H,15,18)(H,16,17). The maximum absolute atomic E-state index is 13.1. The molecule has 2 N–H and O–H groups in total. The Hall–Kier alpha value is -2.43. The van der Waals surface area contributed by atoms with Crippen molar-refractivity contribution in [2.75, 3.05) is 6.54 Å². The zero-order valence-electron chi connectivity index (χ0n) is 9.50. The third-order valence-corrected chi connectivity index (χ3v) is 2.46. The Balaban J connectivity index is 2.50. The van der Waals surface area contributed by atoms with E-state index in [4.69, 9.17) is 0 Å². The van der Waals surface area contributed by atoms with E-state index in [9.17, 15) is 14.0 Å². The molecule has 2 rings (SSSR count). The maximum Gasteiger partial charge on any atom is 0.268 e. The molecule has 0 atom stereocenters. The number of aromatic amines is 1. The number of aromatic nitrogens is 1. The quantitative estimate of drug-likeness (QED) is 0.808. The molecule has 0 radical (unpaired) electrons. The highest BCUT2D eigenvalue weighted by Crippen LogP contribution is 2.12. The second-order valence-electron chi connectivity index (χ2n) is 3.74. The number of H-pyrrole nitrogens is 1. The van der Waals surface area contributed by atoms with Crippen LogP contribution in [0.2, 0.25) is 0 Å². The number of carbonyl (C=O) groups excluding carboxylic acids is 1. The van der Waals surface area contributed by atoms with Crippen LogP contribution >= 0.6 is 0 Å². The van der Waals surface area contributed by atoms with Gasteiger partial charge in [-0.25, -0.2) is 4.39 Å². The van der Waals surface area contributed by atoms with Crippen LogP contribution in [0, 0.1) is 5.82 Å². The molecular weight excluding hydrogens is 235 g/mol. The molecule has 1 aromatic carbocycles. The molecule has 0 saturated carbocycles. The van der Waals surface area contributed by atoms with Crippen molar-refractivity contribution in [1.82, 2.24) is 10.3 Å². The van der Waals surface area contributed by atoms with Gasteiger partial charge in [0.05, 0.1) is 0 Å². The minimum atomic E-state index is -0.453. The number of hydrogen-bond acceptors (Lipinski definition) is 2. The van der Waals surface area contributed by atoms with Gasteiger partial charge >= 0.3 is 0 Å². The molecule has 4 nitrogen and oxygen atoms in total. The summed E-state index contributed by atoms with van der Waals surface area (Å²) in [5.41, 5.74) is -0.323. The molecule has 0 saturated heterocycles. The van der Waals surface area contributed by atoms with E-state index in [0.29, 0.717) is 17.3 Å². The van der Waals surface area contributed by atoms with Crippen molar-refractivity contribution in [2.24, 2.45) is 0 Å². The predicted molar refractivity (Wildman–Crippen MR) is 67.1 cm³/mol. The molecule has 0 aliphatic rings. The largest absolute Gasteiger partial charge is 0.347 e. The summed E-state index contributed by atoms with van der Waals surface area (Å²) in [5.74, 6) is -0.885. The Morgan fingerprint density at radius 3 is 2.94 bits per heavy atom. The molecule has 0 fully saturated rings. The van der Waals surface area contributed by atoms with Crippen LogP contribution in [0.1, 0.15) is 10.5 Å². The molecule has 0 bridgehead atoms. The van der Waals surface area contributed by atoms with Crippen molar-refractivity contribution >= 4 is 16.7 Å². The molecule has 0 aliphatic carbocycles. The van der Waals surface area contributed by atoms with Gasteiger partial charge in [-0.2, -0.15) is 0 Å². The first-order chi connectivity index (χ1) is 8.61. The average Bonchev–Trinajstić information content (AvgIpc) is 2.35. The van der Waals surface area contributed by atoms with Gasteiger partial charge < -0.3 is 10.3 Å². The van der Waals surface area contributed by atoms with Gasteiger partial charge in [0.25, 0.3) is 11.5 Å². The predicted octanol–water partition coefficient (Wildman–Crippen LogP) is 1.58. The van der Waals surface area contributed by atoms with Crippen LogP contribution in [0.15, 0.2) is 41.7 Å². The lowest BCUT2D eigenvalue weighted by molar-refractivity contribution is 0.0953. The Kier molecular flexibility index (Phi) is 3.23. The fourth-order valence-electron chi connectivity index (χ4n) is 1.62. The zero-order valence-corrected chi connectivity index (χ0v) is 9.50. The fourth-order valence-corrected chi connectivity index (χ4v) is 1.62. The SMILES string of the molecule is C=CCNC(=O)c1cc2cc(F)ccc2c(=O)[nH]1. The number of pyridine rings is 1. The van der Waals surface area contributed by atoms with Crippen LogP contribution in [0.3, 0.4) is 0 Å². The van der Waals surface area contributed by atoms with E-state index in [0.717, 1.165) is 0 Å². The van der Waals surface area contributed by atoms with E-state index in [1.165, 1.54) is 30.3 Å². The summed E-state index contributed by atoms with van der Waals surface area (Å²) in [5, 5.41) is 3.27. The molecule has 0 unspecified atom stereocenters. The Bertz CT molecular complexity index is 676. The van der Waals surface area contributed by atoms with Crippen LogP contribution in [-0.2, 0) is 0 Å². The lowest BCUT2D eigenvalue weighted by Gasteiger charge is -2.04. The van der Waals surface area contributed by atoms with Gasteiger partial charge in [0.1, 0.15) is 11.5 Å². The van der Waals surface area contributed by atoms with Crippen LogP contribution in [0.5, 0.6) is 0 Å². The monoisotopic (exact) mass is 246 g/mol. The van der Waals surface area contributed by atoms with Gasteiger partial charge in [0.2, 0.25) is 0 Å². The van der Waals surface area contributed by atoms with Crippen molar-refractivity contribution in [3.05, 3.63) is 58.8 Å². The summed E-state index contributed by atoms with van der Waals surface area (Å²) >= 11 is 0. The topological polar surface area (TPSA) is 62.0 Å². The van der Waals surface area contributed by atoms with Crippen molar-refractivity contribution < 1.29 is 9.18 Å². The summed E-state index contributed by atoms with van der Waals surface area (Å²) in [6.45, 7) is 3.76. The second-order valence-corrected chi connectivity index (χ2v) is 3.74. The zero-order chi connectivity index (χ0) is 13.1. The smallest absolute Gasteiger partial charge is 0.268 e. The second kappa shape index (κ2) is 4.83. The lowest BCUT2D eigenvalue weighted by atomic mass is 10.1. The van der Waals surface area contributed by atoms with E-state index in [1.54, 1.807) is 0 Å².